The molecule has 1 aliphatic rings. The predicted octanol–water partition coefficient (Wildman–Crippen LogP) is 0.575. The highest BCUT2D eigenvalue weighted by atomic mass is 35.5. The lowest BCUT2D eigenvalue weighted by molar-refractivity contribution is -0.136. The van der Waals surface area contributed by atoms with Crippen LogP contribution in [-0.4, -0.2) is 23.2 Å². The van der Waals surface area contributed by atoms with E-state index in [1.807, 2.05) is 0 Å². The van der Waals surface area contributed by atoms with Gasteiger partial charge in [-0.2, -0.15) is 0 Å². The van der Waals surface area contributed by atoms with Crippen molar-refractivity contribution in [1.29, 1.82) is 0 Å². The summed E-state index contributed by atoms with van der Waals surface area (Å²) in [7, 11) is -0.988. The van der Waals surface area contributed by atoms with Crippen LogP contribution < -0.4 is 5.46 Å². The molecule has 0 amide bonds. The molecule has 0 spiro atoms. The molecule has 84 valence electrons. The van der Waals surface area contributed by atoms with Gasteiger partial charge < -0.3 is 14.8 Å². The summed E-state index contributed by atoms with van der Waals surface area (Å²) in [6, 6.07) is 3.45. The number of aryl methyl sites for hydroxylation is 1. The highest BCUT2D eigenvalue weighted by Crippen LogP contribution is 2.22. The Hall–Kier alpha value is -1.04. The van der Waals surface area contributed by atoms with Gasteiger partial charge in [-0.25, -0.2) is 0 Å². The molecule has 0 fully saturated rings. The molecule has 4 nitrogen and oxygen atoms in total. The molecule has 1 heterocycles. The molecule has 0 bridgehead atoms. The van der Waals surface area contributed by atoms with Crippen molar-refractivity contribution in [2.45, 2.75) is 19.4 Å². The summed E-state index contributed by atoms with van der Waals surface area (Å²) in [5.74, 6) is -0.864. The number of rotatable bonds is 3. The molecule has 0 unspecified atom stereocenters. The summed E-state index contributed by atoms with van der Waals surface area (Å²) in [5.41, 5.74) is 2.18. The summed E-state index contributed by atoms with van der Waals surface area (Å²) in [5, 5.41) is 18.8. The summed E-state index contributed by atoms with van der Waals surface area (Å²) < 4.78 is 5.08. The smallest absolute Gasteiger partial charge is 0.481 e. The lowest BCUT2D eigenvalue weighted by Gasteiger charge is -2.08. The zero-order chi connectivity index (χ0) is 11.7. The minimum atomic E-state index is -0.988. The van der Waals surface area contributed by atoms with Gasteiger partial charge in [-0.15, -0.1) is 0 Å². The number of carboxylic acid groups (broad SMARTS) is 1. The Kier molecular flexibility index (Phi) is 3.19. The van der Waals surface area contributed by atoms with E-state index in [2.05, 4.69) is 0 Å². The van der Waals surface area contributed by atoms with E-state index in [1.54, 1.807) is 12.1 Å². The number of benzene rings is 1. The minimum Gasteiger partial charge on any atom is -0.481 e. The Balaban J connectivity index is 2.33. The van der Waals surface area contributed by atoms with Crippen LogP contribution in [0.3, 0.4) is 0 Å². The van der Waals surface area contributed by atoms with Gasteiger partial charge in [-0.1, -0.05) is 17.7 Å². The first-order chi connectivity index (χ1) is 7.59. The topological polar surface area (TPSA) is 66.8 Å². The van der Waals surface area contributed by atoms with Crippen LogP contribution in [0.2, 0.25) is 5.02 Å². The van der Waals surface area contributed by atoms with E-state index < -0.39 is 13.1 Å². The molecular weight excluding hydrogens is 230 g/mol. The fourth-order valence-electron chi connectivity index (χ4n) is 1.85. The maximum atomic E-state index is 10.5. The molecule has 0 saturated heterocycles. The zero-order valence-corrected chi connectivity index (χ0v) is 9.20. The Morgan fingerprint density at radius 1 is 1.56 bits per heavy atom. The van der Waals surface area contributed by atoms with Crippen LogP contribution >= 0.6 is 11.6 Å². The lowest BCUT2D eigenvalue weighted by atomic mass is 9.75. The average molecular weight is 240 g/mol. The van der Waals surface area contributed by atoms with E-state index in [0.717, 1.165) is 11.1 Å². The fourth-order valence-corrected chi connectivity index (χ4v) is 2.07. The van der Waals surface area contributed by atoms with Gasteiger partial charge in [-0.05, 0) is 29.1 Å². The fraction of sp³-hybridized carbons (Fsp3) is 0.300. The second-order valence-electron chi connectivity index (χ2n) is 3.66. The number of carboxylic acids is 1. The van der Waals surface area contributed by atoms with Crippen LogP contribution in [0.5, 0.6) is 0 Å². The van der Waals surface area contributed by atoms with Gasteiger partial charge in [-0.3, -0.25) is 4.79 Å². The van der Waals surface area contributed by atoms with Crippen LogP contribution in [0.4, 0.5) is 0 Å². The number of aliphatic carboxylic acids is 1. The molecule has 2 rings (SSSR count). The second kappa shape index (κ2) is 4.45. The normalized spacial score (nSPS) is 14.0. The largest absolute Gasteiger partial charge is 0.492 e. The predicted molar refractivity (Wildman–Crippen MR) is 59.8 cm³/mol. The van der Waals surface area contributed by atoms with Gasteiger partial charge in [0, 0.05) is 11.4 Å². The van der Waals surface area contributed by atoms with Crippen molar-refractivity contribution in [2.75, 3.05) is 0 Å². The van der Waals surface area contributed by atoms with Gasteiger partial charge in [0.05, 0.1) is 6.61 Å². The Morgan fingerprint density at radius 3 is 3.00 bits per heavy atom. The standard InChI is InChI=1S/C10H10BClO4/c12-8-3-1-6(2-4-9(13)14)10-7(8)5-16-11(10)15/h1,3,15H,2,4-5H2,(H,13,14). The van der Waals surface area contributed by atoms with Gasteiger partial charge in [0.1, 0.15) is 0 Å². The van der Waals surface area contributed by atoms with Gasteiger partial charge >= 0.3 is 13.1 Å². The first kappa shape index (κ1) is 11.5. The number of hydrogen-bond donors (Lipinski definition) is 2. The highest BCUT2D eigenvalue weighted by Gasteiger charge is 2.31. The molecule has 0 saturated carbocycles. The van der Waals surface area contributed by atoms with Gasteiger partial charge in [0.2, 0.25) is 0 Å². The minimum absolute atomic E-state index is 0.0286. The van der Waals surface area contributed by atoms with Crippen molar-refractivity contribution < 1.29 is 19.6 Å². The van der Waals surface area contributed by atoms with E-state index >= 15 is 0 Å². The Bertz CT molecular complexity index is 435. The SMILES string of the molecule is O=C(O)CCc1ccc(Cl)c2c1B(O)OC2. The van der Waals surface area contributed by atoms with Crippen molar-refractivity contribution in [2.24, 2.45) is 0 Å². The third-order valence-electron chi connectivity index (χ3n) is 2.63. The maximum Gasteiger partial charge on any atom is 0.492 e. The number of hydrogen-bond acceptors (Lipinski definition) is 3. The molecule has 2 N–H and O–H groups in total. The van der Waals surface area contributed by atoms with Crippen LogP contribution in [0.15, 0.2) is 12.1 Å². The van der Waals surface area contributed by atoms with Crippen LogP contribution in [0.1, 0.15) is 17.5 Å². The molecule has 0 atom stereocenters. The molecule has 0 radical (unpaired) electrons. The Labute approximate surface area is 97.9 Å². The molecule has 6 heteroatoms. The molecule has 1 aliphatic heterocycles. The zero-order valence-electron chi connectivity index (χ0n) is 8.44. The van der Waals surface area contributed by atoms with Crippen molar-refractivity contribution in [3.63, 3.8) is 0 Å². The summed E-state index contributed by atoms with van der Waals surface area (Å²) in [4.78, 5) is 10.5. The molecule has 1 aromatic rings. The maximum absolute atomic E-state index is 10.5. The van der Waals surface area contributed by atoms with E-state index in [4.69, 9.17) is 21.4 Å². The second-order valence-corrected chi connectivity index (χ2v) is 4.06. The summed E-state index contributed by atoms with van der Waals surface area (Å²) in [6.07, 6.45) is 0.399. The van der Waals surface area contributed by atoms with E-state index in [9.17, 15) is 9.82 Å². The monoisotopic (exact) mass is 240 g/mol. The van der Waals surface area contributed by atoms with Crippen LogP contribution in [0.25, 0.3) is 0 Å². The first-order valence-electron chi connectivity index (χ1n) is 4.91. The van der Waals surface area contributed by atoms with Crippen molar-refractivity contribution in [3.8, 4) is 0 Å². The van der Waals surface area contributed by atoms with E-state index in [-0.39, 0.29) is 13.0 Å². The van der Waals surface area contributed by atoms with Crippen molar-refractivity contribution in [3.05, 3.63) is 28.3 Å². The Morgan fingerprint density at radius 2 is 2.31 bits per heavy atom. The highest BCUT2D eigenvalue weighted by molar-refractivity contribution is 6.62. The van der Waals surface area contributed by atoms with Crippen molar-refractivity contribution >= 4 is 30.2 Å². The molecule has 0 aromatic heterocycles. The quantitative estimate of drug-likeness (QED) is 0.758. The molecule has 0 aliphatic carbocycles. The molecule has 1 aromatic carbocycles. The third-order valence-corrected chi connectivity index (χ3v) is 2.99. The molecular formula is C10H10BClO4. The van der Waals surface area contributed by atoms with Crippen molar-refractivity contribution in [1.82, 2.24) is 0 Å². The average Bonchev–Trinajstić information content (AvgIpc) is 2.61. The summed E-state index contributed by atoms with van der Waals surface area (Å²) in [6.45, 7) is 0.274. The molecule has 16 heavy (non-hydrogen) atoms. The number of fused-ring (bicyclic) bond motifs is 1. The number of carbonyl (C=O) groups is 1. The third kappa shape index (κ3) is 2.07. The number of halogens is 1. The van der Waals surface area contributed by atoms with E-state index in [0.29, 0.717) is 16.9 Å². The van der Waals surface area contributed by atoms with Crippen LogP contribution in [0, 0.1) is 0 Å². The van der Waals surface area contributed by atoms with E-state index in [1.165, 1.54) is 0 Å². The van der Waals surface area contributed by atoms with Crippen LogP contribution in [-0.2, 0) is 22.5 Å². The first-order valence-corrected chi connectivity index (χ1v) is 5.29. The van der Waals surface area contributed by atoms with Gasteiger partial charge in [0.15, 0.2) is 0 Å². The summed E-state index contributed by atoms with van der Waals surface area (Å²) >= 11 is 5.96. The lowest BCUT2D eigenvalue weighted by Crippen LogP contribution is -2.31. The van der Waals surface area contributed by atoms with Gasteiger partial charge in [0.25, 0.3) is 0 Å².